The highest BCUT2D eigenvalue weighted by atomic mass is 32.2. The second kappa shape index (κ2) is 9.54. The first-order valence-electron chi connectivity index (χ1n) is 9.92. The fourth-order valence-electron chi connectivity index (χ4n) is 3.53. The Bertz CT molecular complexity index is 1050. The van der Waals surface area contributed by atoms with Crippen molar-refractivity contribution in [2.24, 2.45) is 0 Å². The zero-order chi connectivity index (χ0) is 22.6. The van der Waals surface area contributed by atoms with Crippen LogP contribution in [0.15, 0.2) is 48.5 Å². The summed E-state index contributed by atoms with van der Waals surface area (Å²) in [6.45, 7) is 4.19. The van der Waals surface area contributed by atoms with Crippen molar-refractivity contribution in [3.8, 4) is 0 Å². The van der Waals surface area contributed by atoms with E-state index in [1.807, 2.05) is 13.8 Å². The molecule has 2 aromatic carbocycles. The van der Waals surface area contributed by atoms with E-state index in [0.29, 0.717) is 5.56 Å². The maximum Gasteiger partial charge on any atom is 0.293 e. The summed E-state index contributed by atoms with van der Waals surface area (Å²) in [5, 5.41) is 14.4. The van der Waals surface area contributed by atoms with Gasteiger partial charge in [-0.2, -0.15) is 4.31 Å². The van der Waals surface area contributed by atoms with E-state index in [1.165, 1.54) is 22.5 Å². The van der Waals surface area contributed by atoms with Crippen LogP contribution in [0.4, 0.5) is 11.4 Å². The van der Waals surface area contributed by atoms with Crippen LogP contribution in [0.1, 0.15) is 29.8 Å². The second-order valence-corrected chi connectivity index (χ2v) is 9.59. The number of hydrogen-bond donors (Lipinski definition) is 1. The Morgan fingerprint density at radius 2 is 1.77 bits per heavy atom. The molecule has 0 saturated carbocycles. The van der Waals surface area contributed by atoms with Gasteiger partial charge in [-0.05, 0) is 26.0 Å². The van der Waals surface area contributed by atoms with Crippen molar-refractivity contribution >= 4 is 27.2 Å². The minimum Gasteiger partial charge on any atom is -0.378 e. The number of anilines is 1. The molecule has 0 aromatic heterocycles. The largest absolute Gasteiger partial charge is 0.378 e. The summed E-state index contributed by atoms with van der Waals surface area (Å²) in [4.78, 5) is 23.5. The third-order valence-electron chi connectivity index (χ3n) is 4.95. The van der Waals surface area contributed by atoms with Gasteiger partial charge < -0.3 is 10.1 Å². The van der Waals surface area contributed by atoms with Crippen LogP contribution in [-0.4, -0.2) is 61.0 Å². The first-order valence-corrected chi connectivity index (χ1v) is 11.5. The topological polar surface area (TPSA) is 119 Å². The summed E-state index contributed by atoms with van der Waals surface area (Å²) < 4.78 is 32.2. The Kier molecular flexibility index (Phi) is 7.04. The zero-order valence-electron chi connectivity index (χ0n) is 17.4. The van der Waals surface area contributed by atoms with Crippen molar-refractivity contribution in [2.75, 3.05) is 30.7 Å². The van der Waals surface area contributed by atoms with E-state index < -0.39 is 14.9 Å². The van der Waals surface area contributed by atoms with E-state index in [9.17, 15) is 23.3 Å². The summed E-state index contributed by atoms with van der Waals surface area (Å²) >= 11 is 0. The number of ketones is 1. The standard InChI is InChI=1S/C21H25N3O6S/c1-15-13-23(14-16(2)30-15)31(28,29)11-10-22-19-9-8-18(12-20(19)24(26)27)21(25)17-6-4-3-5-7-17/h3-9,12,15-16,22H,10-11,13-14H2,1-2H3. The van der Waals surface area contributed by atoms with Crippen LogP contribution in [0.5, 0.6) is 0 Å². The number of carbonyl (C=O) groups is 1. The number of ether oxygens (including phenoxy) is 1. The normalized spacial score (nSPS) is 19.7. The van der Waals surface area contributed by atoms with Crippen molar-refractivity contribution in [2.45, 2.75) is 26.1 Å². The number of morpholine rings is 1. The molecule has 1 saturated heterocycles. The number of benzene rings is 2. The van der Waals surface area contributed by atoms with Crippen LogP contribution < -0.4 is 5.32 Å². The molecule has 1 aliphatic heterocycles. The summed E-state index contributed by atoms with van der Waals surface area (Å²) in [6, 6.07) is 12.6. The first kappa shape index (κ1) is 22.9. The number of rotatable bonds is 8. The Balaban J connectivity index is 1.70. The molecule has 9 nitrogen and oxygen atoms in total. The lowest BCUT2D eigenvalue weighted by Gasteiger charge is -2.34. The maximum atomic E-state index is 12.6. The van der Waals surface area contributed by atoms with Crippen LogP contribution >= 0.6 is 0 Å². The third kappa shape index (κ3) is 5.66. The predicted octanol–water partition coefficient (Wildman–Crippen LogP) is 2.68. The highest BCUT2D eigenvalue weighted by Gasteiger charge is 2.30. The van der Waals surface area contributed by atoms with Gasteiger partial charge in [0.15, 0.2) is 5.78 Å². The van der Waals surface area contributed by atoms with E-state index in [1.54, 1.807) is 30.3 Å². The van der Waals surface area contributed by atoms with E-state index in [2.05, 4.69) is 5.32 Å². The molecule has 0 aliphatic carbocycles. The average Bonchev–Trinajstić information content (AvgIpc) is 2.73. The number of hydrogen-bond acceptors (Lipinski definition) is 7. The van der Waals surface area contributed by atoms with Gasteiger partial charge in [-0.3, -0.25) is 14.9 Å². The minimum atomic E-state index is -3.54. The fourth-order valence-corrected chi connectivity index (χ4v) is 5.02. The number of nitrogens with zero attached hydrogens (tertiary/aromatic N) is 2. The third-order valence-corrected chi connectivity index (χ3v) is 6.75. The highest BCUT2D eigenvalue weighted by Crippen LogP contribution is 2.27. The van der Waals surface area contributed by atoms with Gasteiger partial charge in [0.05, 0.1) is 22.9 Å². The van der Waals surface area contributed by atoms with Gasteiger partial charge >= 0.3 is 0 Å². The first-order chi connectivity index (χ1) is 14.7. The van der Waals surface area contributed by atoms with Crippen molar-refractivity contribution in [3.63, 3.8) is 0 Å². The van der Waals surface area contributed by atoms with Gasteiger partial charge in [0.2, 0.25) is 10.0 Å². The van der Waals surface area contributed by atoms with Crippen molar-refractivity contribution in [3.05, 3.63) is 69.8 Å². The lowest BCUT2D eigenvalue weighted by molar-refractivity contribution is -0.384. The van der Waals surface area contributed by atoms with E-state index in [0.717, 1.165) is 0 Å². The lowest BCUT2D eigenvalue weighted by atomic mass is 10.0. The molecule has 0 amide bonds. The Morgan fingerprint density at radius 1 is 1.13 bits per heavy atom. The van der Waals surface area contributed by atoms with Crippen molar-refractivity contribution < 1.29 is 22.9 Å². The fraction of sp³-hybridized carbons (Fsp3) is 0.381. The van der Waals surface area contributed by atoms with E-state index in [-0.39, 0.29) is 60.3 Å². The van der Waals surface area contributed by atoms with Crippen LogP contribution in [0.25, 0.3) is 0 Å². The molecule has 2 aromatic rings. The molecule has 1 heterocycles. The Hall–Kier alpha value is -2.82. The lowest BCUT2D eigenvalue weighted by Crippen LogP contribution is -2.49. The van der Waals surface area contributed by atoms with Crippen molar-refractivity contribution in [1.82, 2.24) is 4.31 Å². The molecule has 0 bridgehead atoms. The monoisotopic (exact) mass is 447 g/mol. The average molecular weight is 448 g/mol. The van der Waals surface area contributed by atoms with Crippen LogP contribution in [-0.2, 0) is 14.8 Å². The predicted molar refractivity (Wildman–Crippen MR) is 117 cm³/mol. The van der Waals surface area contributed by atoms with Crippen LogP contribution in [0.2, 0.25) is 0 Å². The molecular formula is C21H25N3O6S. The minimum absolute atomic E-state index is 0.00469. The zero-order valence-corrected chi connectivity index (χ0v) is 18.2. The van der Waals surface area contributed by atoms with Gasteiger partial charge in [0.1, 0.15) is 5.69 Å². The van der Waals surface area contributed by atoms with Gasteiger partial charge in [-0.25, -0.2) is 8.42 Å². The molecule has 2 unspecified atom stereocenters. The molecule has 2 atom stereocenters. The molecule has 1 N–H and O–H groups in total. The number of nitro benzene ring substituents is 1. The second-order valence-electron chi connectivity index (χ2n) is 7.50. The molecular weight excluding hydrogens is 422 g/mol. The quantitative estimate of drug-likeness (QED) is 0.375. The Morgan fingerprint density at radius 3 is 2.39 bits per heavy atom. The summed E-state index contributed by atoms with van der Waals surface area (Å²) in [6.07, 6.45) is -0.385. The Labute approximate surface area is 181 Å². The van der Waals surface area contributed by atoms with Gasteiger partial charge in [-0.15, -0.1) is 0 Å². The summed E-state index contributed by atoms with van der Waals surface area (Å²) in [5.74, 6) is -0.540. The van der Waals surface area contributed by atoms with E-state index in [4.69, 9.17) is 4.74 Å². The molecule has 3 rings (SSSR count). The summed E-state index contributed by atoms with van der Waals surface area (Å²) in [7, 11) is -3.54. The van der Waals surface area contributed by atoms with Gasteiger partial charge in [0, 0.05) is 36.8 Å². The van der Waals surface area contributed by atoms with E-state index >= 15 is 0 Å². The SMILES string of the molecule is CC1CN(S(=O)(=O)CCNc2ccc(C(=O)c3ccccc3)cc2[N+](=O)[O-])CC(C)O1. The molecule has 1 aliphatic rings. The molecule has 0 spiro atoms. The number of carbonyl (C=O) groups excluding carboxylic acids is 1. The number of nitrogens with one attached hydrogen (secondary N) is 1. The smallest absolute Gasteiger partial charge is 0.293 e. The molecule has 166 valence electrons. The number of sulfonamides is 1. The molecule has 0 radical (unpaired) electrons. The summed E-state index contributed by atoms with van der Waals surface area (Å²) in [5.41, 5.74) is 0.492. The van der Waals surface area contributed by atoms with Gasteiger partial charge in [-0.1, -0.05) is 30.3 Å². The number of nitro groups is 1. The highest BCUT2D eigenvalue weighted by molar-refractivity contribution is 7.89. The van der Waals surface area contributed by atoms with Crippen LogP contribution in [0, 0.1) is 10.1 Å². The molecule has 1 fully saturated rings. The molecule has 10 heteroatoms. The maximum absolute atomic E-state index is 12.6. The van der Waals surface area contributed by atoms with Crippen LogP contribution in [0.3, 0.4) is 0 Å². The van der Waals surface area contributed by atoms with Gasteiger partial charge in [0.25, 0.3) is 5.69 Å². The van der Waals surface area contributed by atoms with Crippen molar-refractivity contribution in [1.29, 1.82) is 0 Å². The molecule has 31 heavy (non-hydrogen) atoms.